The molecule has 1 heterocycles. The topological polar surface area (TPSA) is 49.8 Å². The van der Waals surface area contributed by atoms with Gasteiger partial charge in [-0.15, -0.1) is 0 Å². The third-order valence-corrected chi connectivity index (χ3v) is 4.55. The van der Waals surface area contributed by atoms with Crippen LogP contribution >= 0.6 is 0 Å². The van der Waals surface area contributed by atoms with Crippen molar-refractivity contribution in [2.75, 3.05) is 19.8 Å². The van der Waals surface area contributed by atoms with Crippen molar-refractivity contribution in [1.29, 1.82) is 0 Å². The molecule has 25 heavy (non-hydrogen) atoms. The minimum absolute atomic E-state index is 0.0429. The van der Waals surface area contributed by atoms with Gasteiger partial charge >= 0.3 is 0 Å². The number of hydrogen-bond acceptors (Lipinski definition) is 3. The number of amides is 1. The van der Waals surface area contributed by atoms with E-state index in [1.165, 1.54) is 12.1 Å². The van der Waals surface area contributed by atoms with Crippen molar-refractivity contribution in [2.24, 2.45) is 0 Å². The number of benzene rings is 2. The van der Waals surface area contributed by atoms with Crippen LogP contribution in [0.1, 0.15) is 22.8 Å². The van der Waals surface area contributed by atoms with Crippen LogP contribution in [0.5, 0.6) is 0 Å². The molecule has 4 nitrogen and oxygen atoms in total. The molecule has 132 valence electrons. The Bertz CT molecular complexity index is 760. The Morgan fingerprint density at radius 1 is 1.24 bits per heavy atom. The van der Waals surface area contributed by atoms with Crippen LogP contribution in [0.2, 0.25) is 0 Å². The third kappa shape index (κ3) is 3.72. The fourth-order valence-corrected chi connectivity index (χ4v) is 2.98. The van der Waals surface area contributed by atoms with E-state index >= 15 is 0 Å². The maximum absolute atomic E-state index is 14.6. The zero-order chi connectivity index (χ0) is 18.0. The normalized spacial score (nSPS) is 20.6. The minimum atomic E-state index is -0.540. The molecule has 2 aromatic carbocycles. The molecule has 1 aliphatic heterocycles. The molecule has 2 atom stereocenters. The zero-order valence-electron chi connectivity index (χ0n) is 14.4. The Hall–Kier alpha value is -2.24. The number of nitrogens with zero attached hydrogens (tertiary/aromatic N) is 1. The molecule has 1 N–H and O–H groups in total. The third-order valence-electron chi connectivity index (χ3n) is 4.55. The van der Waals surface area contributed by atoms with Gasteiger partial charge in [-0.2, -0.15) is 0 Å². The fourth-order valence-electron chi connectivity index (χ4n) is 2.98. The molecule has 1 saturated heterocycles. The van der Waals surface area contributed by atoms with E-state index in [2.05, 4.69) is 0 Å². The summed E-state index contributed by atoms with van der Waals surface area (Å²) in [6, 6.07) is 12.3. The first-order chi connectivity index (χ1) is 12.0. The lowest BCUT2D eigenvalue weighted by Crippen LogP contribution is -2.52. The van der Waals surface area contributed by atoms with E-state index in [-0.39, 0.29) is 30.7 Å². The molecule has 0 aliphatic carbocycles. The maximum atomic E-state index is 14.6. The Balaban J connectivity index is 1.85. The predicted molar refractivity (Wildman–Crippen MR) is 93.9 cm³/mol. The molecule has 0 aromatic heterocycles. The average Bonchev–Trinajstić information content (AvgIpc) is 2.62. The smallest absolute Gasteiger partial charge is 0.257 e. The van der Waals surface area contributed by atoms with Crippen molar-refractivity contribution in [1.82, 2.24) is 4.90 Å². The number of halogens is 1. The summed E-state index contributed by atoms with van der Waals surface area (Å²) in [4.78, 5) is 14.3. The Morgan fingerprint density at radius 3 is 2.56 bits per heavy atom. The Kier molecular flexibility index (Phi) is 5.16. The van der Waals surface area contributed by atoms with E-state index in [4.69, 9.17) is 4.74 Å². The highest BCUT2D eigenvalue weighted by atomic mass is 19.1. The molecule has 1 fully saturated rings. The summed E-state index contributed by atoms with van der Waals surface area (Å²) in [6.45, 7) is 4.28. The number of carbonyl (C=O) groups excluding carboxylic acids is 1. The molecule has 0 bridgehead atoms. The van der Waals surface area contributed by atoms with Gasteiger partial charge in [0.25, 0.3) is 5.91 Å². The lowest BCUT2D eigenvalue weighted by atomic mass is 10.0. The van der Waals surface area contributed by atoms with Crippen molar-refractivity contribution >= 4 is 5.91 Å². The van der Waals surface area contributed by atoms with E-state index < -0.39 is 11.9 Å². The molecule has 5 heteroatoms. The summed E-state index contributed by atoms with van der Waals surface area (Å²) >= 11 is 0. The largest absolute Gasteiger partial charge is 0.394 e. The van der Waals surface area contributed by atoms with Crippen LogP contribution in [-0.2, 0) is 4.74 Å². The van der Waals surface area contributed by atoms with Crippen molar-refractivity contribution in [2.45, 2.75) is 26.0 Å². The van der Waals surface area contributed by atoms with E-state index in [0.717, 1.165) is 16.7 Å². The number of ether oxygens (including phenoxy) is 1. The predicted octanol–water partition coefficient (Wildman–Crippen LogP) is 3.02. The van der Waals surface area contributed by atoms with E-state index in [1.807, 2.05) is 38.1 Å². The van der Waals surface area contributed by atoms with Gasteiger partial charge in [0.05, 0.1) is 30.9 Å². The summed E-state index contributed by atoms with van der Waals surface area (Å²) in [5, 5.41) is 9.25. The fraction of sp³-hybridized carbons (Fsp3) is 0.350. The molecule has 1 amide bonds. The molecule has 2 unspecified atom stereocenters. The quantitative estimate of drug-likeness (QED) is 0.932. The Labute approximate surface area is 146 Å². The number of morpholine rings is 1. The number of hydrogen-bond donors (Lipinski definition) is 1. The SMILES string of the molecule is Cc1ccc(-c2ccc(C(=O)N3CC(CO)OCC3C)c(F)c2)cc1. The first-order valence-corrected chi connectivity index (χ1v) is 8.39. The number of carbonyl (C=O) groups is 1. The Morgan fingerprint density at radius 2 is 1.92 bits per heavy atom. The molecule has 3 rings (SSSR count). The van der Waals surface area contributed by atoms with Gasteiger partial charge in [-0.3, -0.25) is 4.79 Å². The molecule has 0 saturated carbocycles. The minimum Gasteiger partial charge on any atom is -0.394 e. The van der Waals surface area contributed by atoms with Crippen LogP contribution in [0, 0.1) is 12.7 Å². The highest BCUT2D eigenvalue weighted by Gasteiger charge is 2.31. The van der Waals surface area contributed by atoms with Crippen molar-refractivity contribution in [3.63, 3.8) is 0 Å². The van der Waals surface area contributed by atoms with Crippen LogP contribution in [0.4, 0.5) is 4.39 Å². The summed E-state index contributed by atoms with van der Waals surface area (Å²) in [7, 11) is 0. The van der Waals surface area contributed by atoms with Crippen LogP contribution in [-0.4, -0.2) is 47.8 Å². The highest BCUT2D eigenvalue weighted by molar-refractivity contribution is 5.95. The van der Waals surface area contributed by atoms with Crippen molar-refractivity contribution in [3.8, 4) is 11.1 Å². The number of rotatable bonds is 3. The van der Waals surface area contributed by atoms with E-state index in [1.54, 1.807) is 11.0 Å². The lowest BCUT2D eigenvalue weighted by Gasteiger charge is -2.37. The summed E-state index contributed by atoms with van der Waals surface area (Å²) in [5.74, 6) is -0.912. The number of aryl methyl sites for hydroxylation is 1. The van der Waals surface area contributed by atoms with Gasteiger partial charge in [-0.25, -0.2) is 4.39 Å². The summed E-state index contributed by atoms with van der Waals surface area (Å²) < 4.78 is 20.0. The molecule has 0 radical (unpaired) electrons. The lowest BCUT2D eigenvalue weighted by molar-refractivity contribution is -0.0668. The van der Waals surface area contributed by atoms with E-state index in [9.17, 15) is 14.3 Å². The van der Waals surface area contributed by atoms with Crippen LogP contribution < -0.4 is 0 Å². The number of aliphatic hydroxyl groups is 1. The van der Waals surface area contributed by atoms with Gasteiger partial charge in [0.15, 0.2) is 0 Å². The molecule has 0 spiro atoms. The molecular weight excluding hydrogens is 321 g/mol. The summed E-state index contributed by atoms with van der Waals surface area (Å²) in [6.07, 6.45) is -0.421. The van der Waals surface area contributed by atoms with Gasteiger partial charge in [-0.1, -0.05) is 35.9 Å². The first-order valence-electron chi connectivity index (χ1n) is 8.39. The zero-order valence-corrected chi connectivity index (χ0v) is 14.4. The van der Waals surface area contributed by atoms with E-state index in [0.29, 0.717) is 6.61 Å². The van der Waals surface area contributed by atoms with Crippen molar-refractivity contribution < 1.29 is 19.0 Å². The maximum Gasteiger partial charge on any atom is 0.257 e. The highest BCUT2D eigenvalue weighted by Crippen LogP contribution is 2.24. The van der Waals surface area contributed by atoms with Crippen LogP contribution in [0.25, 0.3) is 11.1 Å². The monoisotopic (exact) mass is 343 g/mol. The molecular formula is C20H22FNO3. The average molecular weight is 343 g/mol. The van der Waals surface area contributed by atoms with Gasteiger partial charge in [0.1, 0.15) is 5.82 Å². The van der Waals surface area contributed by atoms with Crippen molar-refractivity contribution in [3.05, 3.63) is 59.4 Å². The molecule has 1 aliphatic rings. The van der Waals surface area contributed by atoms with Gasteiger partial charge in [0.2, 0.25) is 0 Å². The second-order valence-corrected chi connectivity index (χ2v) is 6.51. The standard InChI is InChI=1S/C20H22FNO3/c1-13-3-5-15(6-4-13)16-7-8-18(19(21)9-16)20(24)22-10-17(11-23)25-12-14(22)2/h3-9,14,17,23H,10-12H2,1-2H3. The van der Waals surface area contributed by atoms with Crippen LogP contribution in [0.3, 0.4) is 0 Å². The van der Waals surface area contributed by atoms with Gasteiger partial charge < -0.3 is 14.7 Å². The second kappa shape index (κ2) is 7.33. The van der Waals surface area contributed by atoms with Gasteiger partial charge in [-0.05, 0) is 37.1 Å². The molecule has 2 aromatic rings. The summed E-state index contributed by atoms with van der Waals surface area (Å²) in [5.41, 5.74) is 2.82. The first kappa shape index (κ1) is 17.6. The van der Waals surface area contributed by atoms with Gasteiger partial charge in [0, 0.05) is 6.54 Å². The second-order valence-electron chi connectivity index (χ2n) is 6.51. The van der Waals surface area contributed by atoms with Crippen LogP contribution in [0.15, 0.2) is 42.5 Å². The number of aliphatic hydroxyl groups excluding tert-OH is 1.